The topological polar surface area (TPSA) is 332 Å². The molecule has 135 heavy (non-hydrogen) atoms. The Labute approximate surface area is 799 Å². The Morgan fingerprint density at radius 1 is 0.281 bits per heavy atom. The van der Waals surface area contributed by atoms with Crippen molar-refractivity contribution in [3.63, 3.8) is 0 Å². The molecule has 10 saturated carbocycles. The number of carbonyl (C=O) groups is 12. The van der Waals surface area contributed by atoms with Gasteiger partial charge in [-0.25, -0.2) is 28.8 Å². The third kappa shape index (κ3) is 32.9. The van der Waals surface area contributed by atoms with Gasteiger partial charge < -0.3 is 60.3 Å². The van der Waals surface area contributed by atoms with Crippen molar-refractivity contribution in [2.24, 2.45) is 45.8 Å². The van der Waals surface area contributed by atoms with E-state index in [0.717, 1.165) is 82.0 Å². The molecule has 10 aliphatic carbocycles. The number of carbonyl (C=O) groups excluding carboxylic acids is 12. The van der Waals surface area contributed by atoms with E-state index in [4.69, 9.17) is 28.4 Å². The summed E-state index contributed by atoms with van der Waals surface area (Å²) in [4.78, 5) is 139. The van der Waals surface area contributed by atoms with Gasteiger partial charge in [-0.2, -0.15) is 0 Å². The van der Waals surface area contributed by atoms with Crippen molar-refractivity contribution in [2.75, 3.05) is 13.2 Å². The highest BCUT2D eigenvalue weighted by atomic mass is 16.6. The van der Waals surface area contributed by atoms with Gasteiger partial charge in [-0.05, 0) is 165 Å². The van der Waals surface area contributed by atoms with E-state index in [1.807, 2.05) is 172 Å². The lowest BCUT2D eigenvalue weighted by molar-refractivity contribution is -0.136. The number of nitrogens with one attached hydrogen (secondary N) is 6. The summed E-state index contributed by atoms with van der Waals surface area (Å²) in [6.07, 6.45) is 33.9. The summed E-state index contributed by atoms with van der Waals surface area (Å²) in [5.74, 6) is 4.34. The lowest BCUT2D eigenvalue weighted by Crippen LogP contribution is -2.59. The van der Waals surface area contributed by atoms with E-state index in [9.17, 15) is 57.5 Å². The highest BCUT2D eigenvalue weighted by Gasteiger charge is 2.50. The average molecular weight is 1850 g/mol. The van der Waals surface area contributed by atoms with E-state index in [2.05, 4.69) is 80.4 Å². The second-order valence-corrected chi connectivity index (χ2v) is 41.3. The summed E-state index contributed by atoms with van der Waals surface area (Å²) in [7, 11) is 0. The minimum atomic E-state index is -0.548. The summed E-state index contributed by atoms with van der Waals surface area (Å²) in [5, 5.41) is 15.9. The van der Waals surface area contributed by atoms with Crippen molar-refractivity contribution in [3.8, 4) is 22.3 Å². The first-order valence-electron chi connectivity index (χ1n) is 50.1. The molecule has 6 aromatic rings. The molecular formula is C111H148N6O18. The van der Waals surface area contributed by atoms with Gasteiger partial charge in [-0.1, -0.05) is 336 Å². The molecule has 0 aromatic heterocycles. The first-order valence-corrected chi connectivity index (χ1v) is 50.1. The number of unbranched alkanes of at least 4 members (excludes halogenated alkanes) is 2. The molecule has 0 aliphatic heterocycles. The number of hydrogen-bond donors (Lipinski definition) is 6. The van der Waals surface area contributed by atoms with E-state index >= 15 is 0 Å². The molecule has 9 atom stereocenters. The number of hydrogen-bond acceptors (Lipinski definition) is 18. The fourth-order valence-electron chi connectivity index (χ4n) is 19.9. The number of ether oxygens (including phenoxy) is 6. The maximum absolute atomic E-state index is 11.9. The number of amides is 6. The Morgan fingerprint density at radius 2 is 0.526 bits per heavy atom. The molecule has 6 aromatic carbocycles. The van der Waals surface area contributed by atoms with E-state index in [1.165, 1.54) is 152 Å². The third-order valence-corrected chi connectivity index (χ3v) is 28.8. The molecular weight excluding hydrogens is 1710 g/mol. The molecule has 16 rings (SSSR count). The van der Waals surface area contributed by atoms with E-state index in [-0.39, 0.29) is 119 Å². The first kappa shape index (κ1) is 104. The SMILES string of the molecule is CC1(C)CC(=O)[C@H]1NC(=O)OCCCCC1CCCCC1.CC1(C)CC(=O)[C@H]1NC(=O)OCc1ccc(-c2ccccc2)cc1.CC1(C)CC(=O)[C@H]1NC(=O)OCc1ccc(C2CCCCC2)cc1.C[C@@H]1CC(=O)[C@@H]1NC(=O)OCCCCC1CCCCC1.C[C@@H]1CC(=O)[C@@H]1NC(=O)OCc1ccc(-c2ccccc2)cc1.C[C@@H]1CC(=O)[C@@H]1NC(=O)OCc1ccc(C2CCCCC2)cc1. The normalized spacial score (nSPS) is 23.0. The lowest BCUT2D eigenvalue weighted by atomic mass is 9.66. The number of benzene rings is 6. The lowest BCUT2D eigenvalue weighted by Gasteiger charge is -2.42. The van der Waals surface area contributed by atoms with Crippen LogP contribution in [0.15, 0.2) is 158 Å². The van der Waals surface area contributed by atoms with Crippen LogP contribution in [-0.4, -0.2) is 121 Å². The van der Waals surface area contributed by atoms with Crippen molar-refractivity contribution in [1.29, 1.82) is 0 Å². The van der Waals surface area contributed by atoms with Gasteiger partial charge in [0, 0.05) is 38.5 Å². The smallest absolute Gasteiger partial charge is 0.408 e. The van der Waals surface area contributed by atoms with Gasteiger partial charge in [0.15, 0.2) is 34.7 Å². The highest BCUT2D eigenvalue weighted by Crippen LogP contribution is 2.41. The van der Waals surface area contributed by atoms with Gasteiger partial charge in [0.2, 0.25) is 0 Å². The predicted molar refractivity (Wildman–Crippen MR) is 521 cm³/mol. The second kappa shape index (κ2) is 51.8. The highest BCUT2D eigenvalue weighted by molar-refractivity contribution is 5.97. The van der Waals surface area contributed by atoms with Crippen LogP contribution in [0.5, 0.6) is 0 Å². The molecule has 10 aliphatic rings. The number of ketones is 6. The predicted octanol–water partition coefficient (Wildman–Crippen LogP) is 23.0. The zero-order chi connectivity index (χ0) is 96.4. The van der Waals surface area contributed by atoms with Crippen LogP contribution in [0.25, 0.3) is 22.3 Å². The molecule has 10 fully saturated rings. The quantitative estimate of drug-likeness (QED) is 0.0196. The molecule has 6 amide bonds. The minimum absolute atomic E-state index is 0.0594. The minimum Gasteiger partial charge on any atom is -0.450 e. The molecule has 0 bridgehead atoms. The van der Waals surface area contributed by atoms with Crippen molar-refractivity contribution in [3.05, 3.63) is 191 Å². The Hall–Kier alpha value is -11.0. The van der Waals surface area contributed by atoms with Crippen LogP contribution in [0.2, 0.25) is 0 Å². The second-order valence-electron chi connectivity index (χ2n) is 41.3. The Balaban J connectivity index is 0.000000156. The van der Waals surface area contributed by atoms with Gasteiger partial charge >= 0.3 is 36.6 Å². The molecule has 730 valence electrons. The van der Waals surface area contributed by atoms with Crippen LogP contribution in [0.1, 0.15) is 313 Å². The van der Waals surface area contributed by atoms with Gasteiger partial charge in [0.25, 0.3) is 0 Å². The maximum Gasteiger partial charge on any atom is 0.408 e. The summed E-state index contributed by atoms with van der Waals surface area (Å²) < 4.78 is 31.2. The van der Waals surface area contributed by atoms with Gasteiger partial charge in [0.05, 0.1) is 49.5 Å². The summed E-state index contributed by atoms with van der Waals surface area (Å²) in [6, 6.07) is 50.4. The summed E-state index contributed by atoms with van der Waals surface area (Å²) in [6.45, 7) is 19.5. The van der Waals surface area contributed by atoms with Crippen molar-refractivity contribution < 1.29 is 86.0 Å². The van der Waals surface area contributed by atoms with Crippen LogP contribution in [0.4, 0.5) is 28.8 Å². The van der Waals surface area contributed by atoms with Gasteiger partial charge in [-0.3, -0.25) is 28.8 Å². The molecule has 24 heteroatoms. The Bertz CT molecular complexity index is 4840. The van der Waals surface area contributed by atoms with Gasteiger partial charge in [-0.15, -0.1) is 0 Å². The van der Waals surface area contributed by atoms with Crippen molar-refractivity contribution in [2.45, 2.75) is 342 Å². The molecule has 6 N–H and O–H groups in total. The van der Waals surface area contributed by atoms with Crippen LogP contribution in [0, 0.1) is 45.8 Å². The van der Waals surface area contributed by atoms with Crippen LogP contribution >= 0.6 is 0 Å². The fraction of sp³-hybridized carbons (Fsp3) is 0.568. The standard InChI is InChI=1S/C20H27NO3.C20H21NO3.C19H25NO3.C19H19NO3.C17H29NO3.C16H27NO3/c2*1-20(2)12-17(22)18(20)21-19(23)24-13-14-8-10-16(11-9-14)15-6-4-3-5-7-15;2*1-13-11-17(21)18(13)20-19(22)23-12-14-7-9-16(10-8-14)15-5-3-2-4-6-15;1-17(2)12-14(19)15(17)18-16(20)21-11-7-6-10-13-8-4-3-5-9-13;1-12-11-14(18)15(12)17-16(19)20-10-6-5-9-13-7-3-2-4-8-13/h8-11,15,18H,3-7,12-13H2,1-2H3,(H,21,23);3-11,18H,12-13H2,1-2H3,(H,21,23);7-10,13,15,18H,2-6,11-12H2,1H3,(H,20,22);2-10,13,18H,11-12H2,1H3,(H,20,22);13,15H,3-12H2,1-2H3,(H,18,20);12-13,15H,2-11H2,1H3,(H,17,19)/t2*18-;2*13-,18-;15-;12-,15-/m111111/s1. The Morgan fingerprint density at radius 3 is 0.785 bits per heavy atom. The molecule has 0 saturated heterocycles. The zero-order valence-corrected chi connectivity index (χ0v) is 81.2. The first-order chi connectivity index (χ1) is 64.8. The number of rotatable bonds is 28. The molecule has 0 unspecified atom stereocenters. The number of alkyl carbamates (subject to hydrolysis) is 6. The monoisotopic (exact) mass is 1850 g/mol. The maximum atomic E-state index is 11.9. The summed E-state index contributed by atoms with van der Waals surface area (Å²) in [5.41, 5.74) is 10.6. The fourth-order valence-corrected chi connectivity index (χ4v) is 19.9. The van der Waals surface area contributed by atoms with Crippen LogP contribution in [-0.2, 0) is 83.6 Å². The molecule has 0 heterocycles. The largest absolute Gasteiger partial charge is 0.450 e. The van der Waals surface area contributed by atoms with E-state index in [1.54, 1.807) is 0 Å². The third-order valence-electron chi connectivity index (χ3n) is 28.8. The van der Waals surface area contributed by atoms with E-state index in [0.29, 0.717) is 63.6 Å². The summed E-state index contributed by atoms with van der Waals surface area (Å²) >= 11 is 0. The zero-order valence-electron chi connectivity index (χ0n) is 81.2. The van der Waals surface area contributed by atoms with Gasteiger partial charge in [0.1, 0.15) is 26.4 Å². The Kier molecular flexibility index (Phi) is 40.0. The van der Waals surface area contributed by atoms with E-state index < -0.39 is 48.6 Å². The van der Waals surface area contributed by atoms with Crippen LogP contribution in [0.3, 0.4) is 0 Å². The van der Waals surface area contributed by atoms with Crippen molar-refractivity contribution in [1.82, 2.24) is 31.9 Å². The van der Waals surface area contributed by atoms with Crippen LogP contribution < -0.4 is 31.9 Å². The molecule has 0 spiro atoms. The number of Topliss-reactive ketones (excluding diaryl/α,β-unsaturated/α-hetero) is 6. The molecule has 0 radical (unpaired) electrons. The molecule has 24 nitrogen and oxygen atoms in total. The van der Waals surface area contributed by atoms with Crippen molar-refractivity contribution >= 4 is 71.3 Å². The average Bonchev–Trinajstić information content (AvgIpc) is 0.787.